The standard InChI is InChI=1S/C23H30N8O3S2/c1-36(33,34)31-11-9-30(10-12-31)23-28-20(26-15-3-2-7-24-13-15)17(21(32)29-23)22-27-19-16(35-22)6-8-25-18(19)14-4-5-14/h6,8,14-15,24H,2-5,7,9-13H2,1H3,(H2,26,28,29,32). The molecule has 36 heavy (non-hydrogen) atoms. The number of hydrogen-bond acceptors (Lipinski definition) is 10. The van der Waals surface area contributed by atoms with Crippen molar-refractivity contribution < 1.29 is 8.42 Å². The number of aromatic amines is 1. The van der Waals surface area contributed by atoms with Crippen molar-refractivity contribution in [2.45, 2.75) is 37.6 Å². The highest BCUT2D eigenvalue weighted by atomic mass is 32.2. The third-order valence-corrected chi connectivity index (χ3v) is 9.41. The van der Waals surface area contributed by atoms with Crippen LogP contribution in [0.1, 0.15) is 37.3 Å². The smallest absolute Gasteiger partial charge is 0.264 e. The van der Waals surface area contributed by atoms with Gasteiger partial charge in [-0.3, -0.25) is 14.8 Å². The number of nitrogens with one attached hydrogen (secondary N) is 3. The van der Waals surface area contributed by atoms with Gasteiger partial charge in [0, 0.05) is 50.9 Å². The fourth-order valence-electron chi connectivity index (χ4n) is 4.95. The molecule has 6 rings (SSSR count). The second-order valence-electron chi connectivity index (χ2n) is 9.79. The Kier molecular flexibility index (Phi) is 6.18. The Morgan fingerprint density at radius 1 is 1.14 bits per heavy atom. The summed E-state index contributed by atoms with van der Waals surface area (Å²) in [5, 5.41) is 7.56. The summed E-state index contributed by atoms with van der Waals surface area (Å²) in [4.78, 5) is 32.8. The Hall–Kier alpha value is -2.61. The molecule has 0 bridgehead atoms. The minimum atomic E-state index is -3.24. The predicted molar refractivity (Wildman–Crippen MR) is 141 cm³/mol. The number of fused-ring (bicyclic) bond motifs is 1. The Bertz CT molecular complexity index is 1440. The Balaban J connectivity index is 1.38. The van der Waals surface area contributed by atoms with Gasteiger partial charge in [-0.1, -0.05) is 0 Å². The van der Waals surface area contributed by atoms with Crippen molar-refractivity contribution in [3.8, 4) is 10.6 Å². The number of H-pyrrole nitrogens is 1. The highest BCUT2D eigenvalue weighted by Gasteiger charge is 2.30. The largest absolute Gasteiger partial charge is 0.365 e. The molecular weight excluding hydrogens is 500 g/mol. The van der Waals surface area contributed by atoms with E-state index in [4.69, 9.17) is 9.97 Å². The molecule has 3 aliphatic rings. The van der Waals surface area contributed by atoms with E-state index in [9.17, 15) is 13.2 Å². The summed E-state index contributed by atoms with van der Waals surface area (Å²) in [5.74, 6) is 1.43. The highest BCUT2D eigenvalue weighted by Crippen LogP contribution is 2.43. The number of piperazine rings is 1. The number of anilines is 2. The monoisotopic (exact) mass is 530 g/mol. The van der Waals surface area contributed by atoms with Gasteiger partial charge in [0.05, 0.1) is 16.6 Å². The summed E-state index contributed by atoms with van der Waals surface area (Å²) in [6.45, 7) is 3.40. The first-order valence-electron chi connectivity index (χ1n) is 12.4. The average Bonchev–Trinajstić information content (AvgIpc) is 3.62. The molecule has 0 spiro atoms. The fourth-order valence-corrected chi connectivity index (χ4v) is 6.79. The molecule has 0 aromatic carbocycles. The van der Waals surface area contributed by atoms with Gasteiger partial charge in [0.15, 0.2) is 0 Å². The molecule has 13 heteroatoms. The van der Waals surface area contributed by atoms with Crippen LogP contribution in [0.4, 0.5) is 11.8 Å². The van der Waals surface area contributed by atoms with E-state index >= 15 is 0 Å². The van der Waals surface area contributed by atoms with Gasteiger partial charge in [-0.25, -0.2) is 13.4 Å². The Labute approximate surface area is 213 Å². The lowest BCUT2D eigenvalue weighted by atomic mass is 10.1. The van der Waals surface area contributed by atoms with Crippen molar-refractivity contribution in [2.24, 2.45) is 0 Å². The van der Waals surface area contributed by atoms with Crippen LogP contribution in [-0.2, 0) is 10.0 Å². The highest BCUT2D eigenvalue weighted by molar-refractivity contribution is 7.88. The zero-order valence-electron chi connectivity index (χ0n) is 20.2. The molecule has 11 nitrogen and oxygen atoms in total. The van der Waals surface area contributed by atoms with E-state index in [1.54, 1.807) is 0 Å². The van der Waals surface area contributed by atoms with E-state index in [-0.39, 0.29) is 11.6 Å². The summed E-state index contributed by atoms with van der Waals surface area (Å²) < 4.78 is 26.3. The van der Waals surface area contributed by atoms with Crippen LogP contribution in [0.5, 0.6) is 0 Å². The molecule has 1 saturated carbocycles. The quantitative estimate of drug-likeness (QED) is 0.434. The van der Waals surface area contributed by atoms with Crippen LogP contribution < -0.4 is 21.1 Å². The van der Waals surface area contributed by atoms with Crippen LogP contribution in [0.15, 0.2) is 17.1 Å². The molecule has 3 fully saturated rings. The van der Waals surface area contributed by atoms with Crippen molar-refractivity contribution in [3.63, 3.8) is 0 Å². The van der Waals surface area contributed by atoms with Crippen LogP contribution in [0.25, 0.3) is 20.8 Å². The molecule has 0 radical (unpaired) electrons. The second-order valence-corrected chi connectivity index (χ2v) is 12.8. The average molecular weight is 531 g/mol. The van der Waals surface area contributed by atoms with Crippen LogP contribution in [-0.4, -0.2) is 84.2 Å². The first-order chi connectivity index (χ1) is 17.4. The zero-order chi connectivity index (χ0) is 24.9. The number of sulfonamides is 1. The second kappa shape index (κ2) is 9.36. The minimum Gasteiger partial charge on any atom is -0.365 e. The Morgan fingerprint density at radius 2 is 1.94 bits per heavy atom. The maximum Gasteiger partial charge on any atom is 0.264 e. The van der Waals surface area contributed by atoms with Gasteiger partial charge in [-0.2, -0.15) is 9.29 Å². The molecule has 1 unspecified atom stereocenters. The van der Waals surface area contributed by atoms with E-state index in [2.05, 4.69) is 20.6 Å². The maximum absolute atomic E-state index is 13.5. The molecule has 5 heterocycles. The molecule has 3 N–H and O–H groups in total. The lowest BCUT2D eigenvalue weighted by Crippen LogP contribution is -2.49. The normalized spacial score (nSPS) is 21.7. The van der Waals surface area contributed by atoms with E-state index in [0.717, 1.165) is 54.7 Å². The van der Waals surface area contributed by atoms with Gasteiger partial charge in [0.2, 0.25) is 16.0 Å². The molecule has 1 atom stereocenters. The molecule has 3 aromatic rings. The third-order valence-electron chi connectivity index (χ3n) is 7.07. The van der Waals surface area contributed by atoms with E-state index in [1.165, 1.54) is 21.9 Å². The number of pyridine rings is 1. The first-order valence-corrected chi connectivity index (χ1v) is 15.1. The number of aromatic nitrogens is 4. The van der Waals surface area contributed by atoms with Gasteiger partial charge < -0.3 is 15.5 Å². The molecule has 3 aromatic heterocycles. The lowest BCUT2D eigenvalue weighted by Gasteiger charge is -2.34. The van der Waals surface area contributed by atoms with Crippen molar-refractivity contribution in [2.75, 3.05) is 55.7 Å². The molecular formula is C23H30N8O3S2. The number of thiazole rings is 1. The topological polar surface area (TPSA) is 136 Å². The summed E-state index contributed by atoms with van der Waals surface area (Å²) in [6, 6.07) is 2.11. The van der Waals surface area contributed by atoms with Crippen LogP contribution in [0.2, 0.25) is 0 Å². The molecule has 192 valence electrons. The molecule has 0 amide bonds. The molecule has 2 saturated heterocycles. The van der Waals surface area contributed by atoms with Gasteiger partial charge in [0.1, 0.15) is 21.9 Å². The number of hydrogen-bond donors (Lipinski definition) is 3. The summed E-state index contributed by atoms with van der Waals surface area (Å²) >= 11 is 1.49. The lowest BCUT2D eigenvalue weighted by molar-refractivity contribution is 0.385. The third kappa shape index (κ3) is 4.72. The van der Waals surface area contributed by atoms with Gasteiger partial charge in [0.25, 0.3) is 5.56 Å². The zero-order valence-corrected chi connectivity index (χ0v) is 21.8. The summed E-state index contributed by atoms with van der Waals surface area (Å²) in [7, 11) is -3.24. The van der Waals surface area contributed by atoms with Crippen molar-refractivity contribution >= 4 is 43.3 Å². The van der Waals surface area contributed by atoms with Gasteiger partial charge in [-0.05, 0) is 38.3 Å². The number of nitrogens with zero attached hydrogens (tertiary/aromatic N) is 5. The van der Waals surface area contributed by atoms with Crippen molar-refractivity contribution in [3.05, 3.63) is 28.3 Å². The van der Waals surface area contributed by atoms with E-state index < -0.39 is 10.0 Å². The van der Waals surface area contributed by atoms with Crippen LogP contribution in [0.3, 0.4) is 0 Å². The van der Waals surface area contributed by atoms with Gasteiger partial charge in [-0.15, -0.1) is 11.3 Å². The predicted octanol–water partition coefficient (Wildman–Crippen LogP) is 1.56. The number of rotatable bonds is 6. The maximum atomic E-state index is 13.5. The SMILES string of the molecule is CS(=O)(=O)N1CCN(c2nc(NC3CCCNC3)c(-c3nc4c(C5CC5)nccc4s3)c(=O)[nH]2)CC1. The first kappa shape index (κ1) is 23.8. The number of piperidine rings is 1. The summed E-state index contributed by atoms with van der Waals surface area (Å²) in [5.41, 5.74) is 2.09. The van der Waals surface area contributed by atoms with Crippen molar-refractivity contribution in [1.82, 2.24) is 29.6 Å². The fraction of sp³-hybridized carbons (Fsp3) is 0.565. The van der Waals surface area contributed by atoms with Gasteiger partial charge >= 0.3 is 0 Å². The van der Waals surface area contributed by atoms with Crippen molar-refractivity contribution in [1.29, 1.82) is 0 Å². The van der Waals surface area contributed by atoms with Crippen LogP contribution in [0, 0.1) is 0 Å². The minimum absolute atomic E-state index is 0.153. The molecule has 1 aliphatic carbocycles. The van der Waals surface area contributed by atoms with Crippen LogP contribution >= 0.6 is 11.3 Å². The van der Waals surface area contributed by atoms with E-state index in [1.807, 2.05) is 17.2 Å². The summed E-state index contributed by atoms with van der Waals surface area (Å²) in [6.07, 6.45) is 7.34. The molecule has 2 aliphatic heterocycles. The Morgan fingerprint density at radius 3 is 2.64 bits per heavy atom. The van der Waals surface area contributed by atoms with E-state index in [0.29, 0.717) is 54.4 Å².